The monoisotopic (exact) mass is 462 g/mol. The summed E-state index contributed by atoms with van der Waals surface area (Å²) in [6.07, 6.45) is 1.64. The molecule has 0 saturated heterocycles. The molecule has 3 aromatic carbocycles. The largest absolute Gasteiger partial charge is 0.497 e. The Morgan fingerprint density at radius 2 is 1.49 bits per heavy atom. The molecule has 0 N–H and O–H groups in total. The van der Waals surface area contributed by atoms with Gasteiger partial charge >= 0.3 is 0 Å². The average Bonchev–Trinajstić information content (AvgIpc) is 3.51. The highest BCUT2D eigenvalue weighted by atomic mass is 16.5. The zero-order chi connectivity index (χ0) is 23.9. The highest BCUT2D eigenvalue weighted by Crippen LogP contribution is 2.42. The van der Waals surface area contributed by atoms with E-state index in [1.165, 1.54) is 0 Å². The summed E-state index contributed by atoms with van der Waals surface area (Å²) in [6.45, 7) is 2.05. The maximum absolute atomic E-state index is 6.35. The zero-order valence-corrected chi connectivity index (χ0v) is 19.5. The number of furan rings is 1. The molecule has 3 heterocycles. The predicted octanol–water partition coefficient (Wildman–Crippen LogP) is 6.20. The summed E-state index contributed by atoms with van der Waals surface area (Å²) in [4.78, 5) is 9.49. The molecule has 7 nitrogen and oxygen atoms in total. The summed E-state index contributed by atoms with van der Waals surface area (Å²) in [5, 5.41) is 5.51. The molecule has 0 atom stereocenters. The molecule has 0 aliphatic heterocycles. The summed E-state index contributed by atoms with van der Waals surface area (Å²) < 4.78 is 18.8. The normalized spacial score (nSPS) is 11.3. The average molecular weight is 463 g/mol. The second kappa shape index (κ2) is 8.29. The van der Waals surface area contributed by atoms with E-state index in [1.54, 1.807) is 25.1 Å². The summed E-state index contributed by atoms with van der Waals surface area (Å²) in [7, 11) is 3.30. The van der Waals surface area contributed by atoms with Gasteiger partial charge in [-0.15, -0.1) is 5.10 Å². The lowest BCUT2D eigenvalue weighted by molar-refractivity contribution is 0.414. The molecule has 7 heteroatoms. The maximum Gasteiger partial charge on any atom is 0.232 e. The van der Waals surface area contributed by atoms with Crippen molar-refractivity contribution in [3.05, 3.63) is 84.7 Å². The van der Waals surface area contributed by atoms with E-state index in [4.69, 9.17) is 24.0 Å². The Kier molecular flexibility index (Phi) is 4.95. The highest BCUT2D eigenvalue weighted by Gasteiger charge is 2.23. The Bertz CT molecular complexity index is 1670. The standard InChI is InChI=1S/C28H22N4O3/c1-17-5-4-6-20(15-17)26-30-27-24-23(18-7-11-21(33-2)12-8-18)25(19-9-13-22(34-3)14-10-19)35-28(24)29-16-32(27)31-26/h4-16H,1-3H3. The number of benzene rings is 3. The Balaban J connectivity index is 1.64. The van der Waals surface area contributed by atoms with E-state index >= 15 is 0 Å². The van der Waals surface area contributed by atoms with Crippen LogP contribution in [0, 0.1) is 6.92 Å². The third kappa shape index (κ3) is 3.58. The lowest BCUT2D eigenvalue weighted by Gasteiger charge is -2.06. The molecule has 35 heavy (non-hydrogen) atoms. The molecule has 0 fully saturated rings. The minimum Gasteiger partial charge on any atom is -0.497 e. The van der Waals surface area contributed by atoms with E-state index in [9.17, 15) is 0 Å². The summed E-state index contributed by atoms with van der Waals surface area (Å²) >= 11 is 0. The van der Waals surface area contributed by atoms with Gasteiger partial charge in [-0.2, -0.15) is 0 Å². The zero-order valence-electron chi connectivity index (χ0n) is 19.5. The Morgan fingerprint density at radius 3 is 2.14 bits per heavy atom. The highest BCUT2D eigenvalue weighted by molar-refractivity contribution is 6.07. The van der Waals surface area contributed by atoms with Crippen molar-refractivity contribution in [2.24, 2.45) is 0 Å². The van der Waals surface area contributed by atoms with Crippen LogP contribution < -0.4 is 9.47 Å². The van der Waals surface area contributed by atoms with E-state index in [0.29, 0.717) is 22.9 Å². The van der Waals surface area contributed by atoms with Gasteiger partial charge in [-0.1, -0.05) is 35.9 Å². The van der Waals surface area contributed by atoms with Gasteiger partial charge in [0, 0.05) is 16.7 Å². The van der Waals surface area contributed by atoms with Gasteiger partial charge < -0.3 is 13.9 Å². The van der Waals surface area contributed by atoms with Crippen LogP contribution in [0.2, 0.25) is 0 Å². The molecule has 6 rings (SSSR count). The molecule has 0 aliphatic rings. The third-order valence-corrected chi connectivity index (χ3v) is 6.04. The van der Waals surface area contributed by atoms with Crippen LogP contribution in [0.1, 0.15) is 5.56 Å². The summed E-state index contributed by atoms with van der Waals surface area (Å²) in [5.41, 5.74) is 6.05. The van der Waals surface area contributed by atoms with E-state index in [1.807, 2.05) is 60.7 Å². The van der Waals surface area contributed by atoms with Crippen molar-refractivity contribution in [3.63, 3.8) is 0 Å². The number of aryl methyl sites for hydroxylation is 1. The second-order valence-corrected chi connectivity index (χ2v) is 8.26. The molecule has 0 radical (unpaired) electrons. The third-order valence-electron chi connectivity index (χ3n) is 6.04. The topological polar surface area (TPSA) is 74.7 Å². The lowest BCUT2D eigenvalue weighted by atomic mass is 9.99. The van der Waals surface area contributed by atoms with Crippen LogP contribution in [0.15, 0.2) is 83.5 Å². The molecule has 0 unspecified atom stereocenters. The molecular formula is C28H22N4O3. The SMILES string of the molecule is COc1ccc(-c2oc3ncn4nc(-c5cccc(C)c5)nc4c3c2-c2ccc(OC)cc2)cc1. The van der Waals surface area contributed by atoms with Gasteiger partial charge in [-0.25, -0.2) is 14.5 Å². The fraction of sp³-hybridized carbons (Fsp3) is 0.107. The summed E-state index contributed by atoms with van der Waals surface area (Å²) in [5.74, 6) is 2.89. The quantitative estimate of drug-likeness (QED) is 0.304. The second-order valence-electron chi connectivity index (χ2n) is 8.26. The Hall–Kier alpha value is -4.65. The van der Waals surface area contributed by atoms with Gasteiger partial charge in [-0.05, 0) is 55.0 Å². The van der Waals surface area contributed by atoms with Crippen LogP contribution in [0.25, 0.3) is 50.6 Å². The number of rotatable bonds is 5. The van der Waals surface area contributed by atoms with Crippen molar-refractivity contribution < 1.29 is 13.9 Å². The number of nitrogens with zero attached hydrogens (tertiary/aromatic N) is 4. The minimum absolute atomic E-state index is 0.498. The minimum atomic E-state index is 0.498. The smallest absolute Gasteiger partial charge is 0.232 e. The van der Waals surface area contributed by atoms with Gasteiger partial charge in [0.2, 0.25) is 5.71 Å². The first-order valence-corrected chi connectivity index (χ1v) is 11.2. The molecule has 172 valence electrons. The van der Waals surface area contributed by atoms with Crippen LogP contribution in [-0.4, -0.2) is 33.8 Å². The van der Waals surface area contributed by atoms with Crippen molar-refractivity contribution in [3.8, 4) is 45.3 Å². The number of ether oxygens (including phenoxy) is 2. The molecule has 6 aromatic rings. The summed E-state index contributed by atoms with van der Waals surface area (Å²) in [6, 6.07) is 23.8. The number of methoxy groups -OCH3 is 2. The molecule has 3 aromatic heterocycles. The maximum atomic E-state index is 6.35. The van der Waals surface area contributed by atoms with Crippen molar-refractivity contribution in [2.75, 3.05) is 14.2 Å². The van der Waals surface area contributed by atoms with Gasteiger partial charge in [0.05, 0.1) is 19.6 Å². The van der Waals surface area contributed by atoms with Crippen molar-refractivity contribution in [1.82, 2.24) is 19.6 Å². The molecule has 0 bridgehead atoms. The van der Waals surface area contributed by atoms with Gasteiger partial charge in [0.1, 0.15) is 23.6 Å². The van der Waals surface area contributed by atoms with Crippen molar-refractivity contribution in [1.29, 1.82) is 0 Å². The molecule has 0 aliphatic carbocycles. The Morgan fingerprint density at radius 1 is 0.800 bits per heavy atom. The van der Waals surface area contributed by atoms with E-state index < -0.39 is 0 Å². The first-order chi connectivity index (χ1) is 17.1. The molecule has 0 spiro atoms. The van der Waals surface area contributed by atoms with Crippen molar-refractivity contribution in [2.45, 2.75) is 6.92 Å². The van der Waals surface area contributed by atoms with Gasteiger partial charge in [0.25, 0.3) is 0 Å². The van der Waals surface area contributed by atoms with Crippen molar-refractivity contribution >= 4 is 16.7 Å². The van der Waals surface area contributed by atoms with E-state index in [-0.39, 0.29) is 0 Å². The lowest BCUT2D eigenvalue weighted by Crippen LogP contribution is -1.91. The van der Waals surface area contributed by atoms with Crippen LogP contribution >= 0.6 is 0 Å². The fourth-order valence-electron chi connectivity index (χ4n) is 4.28. The van der Waals surface area contributed by atoms with Crippen LogP contribution in [-0.2, 0) is 0 Å². The van der Waals surface area contributed by atoms with E-state index in [2.05, 4.69) is 24.0 Å². The van der Waals surface area contributed by atoms with Crippen LogP contribution in [0.5, 0.6) is 11.5 Å². The van der Waals surface area contributed by atoms with Crippen LogP contribution in [0.3, 0.4) is 0 Å². The molecular weight excluding hydrogens is 440 g/mol. The number of aromatic nitrogens is 4. The predicted molar refractivity (Wildman–Crippen MR) is 135 cm³/mol. The number of hydrogen-bond acceptors (Lipinski definition) is 6. The first kappa shape index (κ1) is 20.9. The van der Waals surface area contributed by atoms with Gasteiger partial charge in [0.15, 0.2) is 11.5 Å². The van der Waals surface area contributed by atoms with E-state index in [0.717, 1.165) is 44.7 Å². The fourth-order valence-corrected chi connectivity index (χ4v) is 4.28. The number of hydrogen-bond donors (Lipinski definition) is 0. The molecule has 0 saturated carbocycles. The number of fused-ring (bicyclic) bond motifs is 3. The molecule has 0 amide bonds. The van der Waals surface area contributed by atoms with Gasteiger partial charge in [-0.3, -0.25) is 0 Å². The van der Waals surface area contributed by atoms with Crippen LogP contribution in [0.4, 0.5) is 0 Å². The Labute approximate surface area is 201 Å². The first-order valence-electron chi connectivity index (χ1n) is 11.2.